The molecule has 4 aromatic rings. The molecule has 164 valence electrons. The minimum atomic E-state index is -3.14. The van der Waals surface area contributed by atoms with Crippen LogP contribution >= 0.6 is 11.3 Å². The van der Waals surface area contributed by atoms with Gasteiger partial charge in [-0.05, 0) is 43.0 Å². The van der Waals surface area contributed by atoms with Crippen LogP contribution in [0.15, 0.2) is 47.8 Å². The number of thiophene rings is 1. The summed E-state index contributed by atoms with van der Waals surface area (Å²) in [4.78, 5) is 18.9. The zero-order valence-corrected chi connectivity index (χ0v) is 18.7. The highest BCUT2D eigenvalue weighted by Crippen LogP contribution is 2.33. The van der Waals surface area contributed by atoms with Crippen molar-refractivity contribution >= 4 is 43.8 Å². The van der Waals surface area contributed by atoms with Crippen molar-refractivity contribution in [3.05, 3.63) is 64.9 Å². The SMILES string of the molecule is Cc1nn([C@@H]2CCS(=O)(=O)C2)c2nc(-c3cccs3)cc(C(=O)Nc3ccccc3F)c12. The Labute approximate surface area is 187 Å². The number of carbonyl (C=O) groups is 1. The smallest absolute Gasteiger partial charge is 0.256 e. The van der Waals surface area contributed by atoms with Crippen LogP contribution in [0.3, 0.4) is 0 Å². The first-order valence-corrected chi connectivity index (χ1v) is 12.7. The molecule has 1 aromatic carbocycles. The predicted octanol–water partition coefficient (Wildman–Crippen LogP) is 4.22. The standard InChI is InChI=1S/C22H19FN4O3S2/c1-13-20-15(22(28)25-17-6-3-2-5-16(17)23)11-18(19-7-4-9-31-19)24-21(20)27(26-13)14-8-10-32(29,30)12-14/h2-7,9,11,14H,8,10,12H2,1H3,(H,25,28)/t14-/m1/s1. The third kappa shape index (κ3) is 3.69. The van der Waals surface area contributed by atoms with E-state index in [1.54, 1.807) is 29.8 Å². The van der Waals surface area contributed by atoms with E-state index in [2.05, 4.69) is 10.4 Å². The predicted molar refractivity (Wildman–Crippen MR) is 122 cm³/mol. The van der Waals surface area contributed by atoms with Crippen LogP contribution in [0.4, 0.5) is 10.1 Å². The average molecular weight is 471 g/mol. The first-order valence-electron chi connectivity index (χ1n) is 10.0. The van der Waals surface area contributed by atoms with Crippen molar-refractivity contribution < 1.29 is 17.6 Å². The fourth-order valence-corrected chi connectivity index (χ4v) is 6.40. The Hall–Kier alpha value is -3.11. The van der Waals surface area contributed by atoms with E-state index < -0.39 is 21.6 Å². The molecule has 32 heavy (non-hydrogen) atoms. The van der Waals surface area contributed by atoms with Gasteiger partial charge in [0.05, 0.1) is 50.4 Å². The summed E-state index contributed by atoms with van der Waals surface area (Å²) in [7, 11) is -3.14. The van der Waals surface area contributed by atoms with Crippen LogP contribution in [-0.2, 0) is 9.84 Å². The minimum Gasteiger partial charge on any atom is -0.319 e. The van der Waals surface area contributed by atoms with E-state index in [1.165, 1.54) is 23.5 Å². The molecule has 0 radical (unpaired) electrons. The number of hydrogen-bond acceptors (Lipinski definition) is 6. The summed E-state index contributed by atoms with van der Waals surface area (Å²) in [6.07, 6.45) is 0.445. The molecule has 1 aliphatic heterocycles. The number of fused-ring (bicyclic) bond motifs is 1. The van der Waals surface area contributed by atoms with Crippen molar-refractivity contribution in [3.63, 3.8) is 0 Å². The van der Waals surface area contributed by atoms with Gasteiger partial charge < -0.3 is 5.32 Å². The number of anilines is 1. The molecule has 0 aliphatic carbocycles. The number of carbonyl (C=O) groups excluding carboxylic acids is 1. The lowest BCUT2D eigenvalue weighted by Gasteiger charge is -2.12. The molecule has 4 heterocycles. The summed E-state index contributed by atoms with van der Waals surface area (Å²) in [5.41, 5.74) is 1.98. The van der Waals surface area contributed by atoms with E-state index in [-0.39, 0.29) is 23.2 Å². The van der Waals surface area contributed by atoms with E-state index in [4.69, 9.17) is 4.98 Å². The van der Waals surface area contributed by atoms with E-state index >= 15 is 0 Å². The van der Waals surface area contributed by atoms with Gasteiger partial charge in [-0.3, -0.25) is 4.79 Å². The number of aromatic nitrogens is 3. The van der Waals surface area contributed by atoms with E-state index in [0.717, 1.165) is 4.88 Å². The maximum Gasteiger partial charge on any atom is 0.256 e. The van der Waals surface area contributed by atoms with Gasteiger partial charge in [0.2, 0.25) is 0 Å². The van der Waals surface area contributed by atoms with Crippen molar-refractivity contribution in [2.75, 3.05) is 16.8 Å². The number of aryl methyl sites for hydroxylation is 1. The van der Waals surface area contributed by atoms with Crippen LogP contribution in [-0.4, -0.2) is 40.6 Å². The monoisotopic (exact) mass is 470 g/mol. The van der Waals surface area contributed by atoms with Gasteiger partial charge >= 0.3 is 0 Å². The molecule has 1 fully saturated rings. The quantitative estimate of drug-likeness (QED) is 0.482. The van der Waals surface area contributed by atoms with Gasteiger partial charge in [-0.1, -0.05) is 18.2 Å². The number of rotatable bonds is 4. The molecule has 1 N–H and O–H groups in total. The number of nitrogens with one attached hydrogen (secondary N) is 1. The third-order valence-electron chi connectivity index (χ3n) is 5.53. The van der Waals surface area contributed by atoms with Gasteiger partial charge in [-0.15, -0.1) is 11.3 Å². The molecule has 7 nitrogen and oxygen atoms in total. The third-order valence-corrected chi connectivity index (χ3v) is 8.17. The van der Waals surface area contributed by atoms with Crippen LogP contribution in [0.5, 0.6) is 0 Å². The topological polar surface area (TPSA) is 93.9 Å². The molecule has 1 amide bonds. The van der Waals surface area contributed by atoms with Crippen molar-refractivity contribution in [1.82, 2.24) is 14.8 Å². The van der Waals surface area contributed by atoms with E-state index in [0.29, 0.717) is 34.4 Å². The second-order valence-corrected chi connectivity index (χ2v) is 10.9. The highest BCUT2D eigenvalue weighted by atomic mass is 32.2. The van der Waals surface area contributed by atoms with Gasteiger partial charge in [-0.2, -0.15) is 5.10 Å². The number of pyridine rings is 1. The number of sulfone groups is 1. The van der Waals surface area contributed by atoms with Crippen molar-refractivity contribution in [2.24, 2.45) is 0 Å². The lowest BCUT2D eigenvalue weighted by Crippen LogP contribution is -2.15. The number of amides is 1. The van der Waals surface area contributed by atoms with Crippen LogP contribution in [0.1, 0.15) is 28.5 Å². The highest BCUT2D eigenvalue weighted by Gasteiger charge is 2.32. The highest BCUT2D eigenvalue weighted by molar-refractivity contribution is 7.91. The van der Waals surface area contributed by atoms with Crippen LogP contribution in [0, 0.1) is 12.7 Å². The minimum absolute atomic E-state index is 0.00904. The largest absolute Gasteiger partial charge is 0.319 e. The lowest BCUT2D eigenvalue weighted by atomic mass is 10.1. The molecule has 0 bridgehead atoms. The Morgan fingerprint density at radius 1 is 1.25 bits per heavy atom. The summed E-state index contributed by atoms with van der Waals surface area (Å²) >= 11 is 1.48. The summed E-state index contributed by atoms with van der Waals surface area (Å²) < 4.78 is 39.9. The summed E-state index contributed by atoms with van der Waals surface area (Å²) in [6.45, 7) is 1.76. The normalized spacial score (nSPS) is 17.6. The van der Waals surface area contributed by atoms with Gasteiger partial charge in [0.15, 0.2) is 15.5 Å². The van der Waals surface area contributed by atoms with E-state index in [1.807, 2.05) is 17.5 Å². The Bertz CT molecular complexity index is 1450. The summed E-state index contributed by atoms with van der Waals surface area (Å²) in [5.74, 6) is -0.927. The molecule has 1 saturated heterocycles. The first-order chi connectivity index (χ1) is 15.3. The molecule has 0 saturated carbocycles. The Balaban J connectivity index is 1.68. The second kappa shape index (κ2) is 7.79. The van der Waals surface area contributed by atoms with Crippen LogP contribution in [0.25, 0.3) is 21.6 Å². The molecule has 10 heteroatoms. The maximum atomic E-state index is 14.1. The van der Waals surface area contributed by atoms with Crippen molar-refractivity contribution in [3.8, 4) is 10.6 Å². The maximum absolute atomic E-state index is 14.1. The molecule has 0 unspecified atom stereocenters. The summed E-state index contributed by atoms with van der Waals surface area (Å²) in [5, 5.41) is 9.65. The number of nitrogens with zero attached hydrogens (tertiary/aromatic N) is 3. The zero-order valence-electron chi connectivity index (χ0n) is 17.1. The Kier molecular flexibility index (Phi) is 5.06. The molecule has 1 atom stereocenters. The fraction of sp³-hybridized carbons (Fsp3) is 0.227. The number of hydrogen-bond donors (Lipinski definition) is 1. The second-order valence-electron chi connectivity index (χ2n) is 7.75. The average Bonchev–Trinajstić information content (AvgIpc) is 3.48. The molecular formula is C22H19FN4O3S2. The zero-order chi connectivity index (χ0) is 22.5. The molecule has 1 aliphatic rings. The molecule has 5 rings (SSSR count). The van der Waals surface area contributed by atoms with E-state index in [9.17, 15) is 17.6 Å². The lowest BCUT2D eigenvalue weighted by molar-refractivity contribution is 0.102. The number of halogens is 1. The molecule has 0 spiro atoms. The van der Waals surface area contributed by atoms with Crippen molar-refractivity contribution in [2.45, 2.75) is 19.4 Å². The first kappa shape index (κ1) is 20.8. The van der Waals surface area contributed by atoms with Gasteiger partial charge in [0.25, 0.3) is 5.91 Å². The number of para-hydroxylation sites is 1. The fourth-order valence-electron chi connectivity index (χ4n) is 4.02. The Morgan fingerprint density at radius 3 is 2.75 bits per heavy atom. The number of benzene rings is 1. The van der Waals surface area contributed by atoms with Crippen LogP contribution in [0.2, 0.25) is 0 Å². The van der Waals surface area contributed by atoms with Gasteiger partial charge in [-0.25, -0.2) is 22.5 Å². The molecular weight excluding hydrogens is 451 g/mol. The van der Waals surface area contributed by atoms with Crippen LogP contribution < -0.4 is 5.32 Å². The van der Waals surface area contributed by atoms with Gasteiger partial charge in [0.1, 0.15) is 5.82 Å². The van der Waals surface area contributed by atoms with Crippen molar-refractivity contribution in [1.29, 1.82) is 0 Å². The summed E-state index contributed by atoms with van der Waals surface area (Å²) in [6, 6.07) is 11.1. The molecule has 3 aromatic heterocycles. The Morgan fingerprint density at radius 2 is 2.06 bits per heavy atom. The van der Waals surface area contributed by atoms with Gasteiger partial charge in [0, 0.05) is 0 Å².